The predicted octanol–water partition coefficient (Wildman–Crippen LogP) is 2.40. The molecule has 19 heavy (non-hydrogen) atoms. The summed E-state index contributed by atoms with van der Waals surface area (Å²) in [6.07, 6.45) is 6.91. The van der Waals surface area contributed by atoms with Crippen molar-refractivity contribution in [3.8, 4) is 12.3 Å². The summed E-state index contributed by atoms with van der Waals surface area (Å²) in [5.74, 6) is 3.81. The highest BCUT2D eigenvalue weighted by Gasteiger charge is 2.57. The lowest BCUT2D eigenvalue weighted by Gasteiger charge is -2.38. The maximum absolute atomic E-state index is 6.30. The van der Waals surface area contributed by atoms with Gasteiger partial charge in [-0.05, 0) is 32.4 Å². The van der Waals surface area contributed by atoms with Gasteiger partial charge in [0.1, 0.15) is 6.10 Å². The summed E-state index contributed by atoms with van der Waals surface area (Å²) in [5, 5.41) is 0. The first kappa shape index (κ1) is 16.5. The van der Waals surface area contributed by atoms with Crippen LogP contribution in [-0.2, 0) is 9.47 Å². The van der Waals surface area contributed by atoms with Crippen LogP contribution < -0.4 is 0 Å². The first-order chi connectivity index (χ1) is 8.80. The molecule has 1 fully saturated rings. The molecule has 0 spiro atoms. The summed E-state index contributed by atoms with van der Waals surface area (Å²) in [6.45, 7) is 8.70. The van der Waals surface area contributed by atoms with Crippen LogP contribution in [0.15, 0.2) is 0 Å². The average molecular weight is 267 g/mol. The van der Waals surface area contributed by atoms with Crippen LogP contribution >= 0.6 is 0 Å². The van der Waals surface area contributed by atoms with Crippen LogP contribution in [0, 0.1) is 24.2 Å². The number of ether oxygens (including phenoxy) is 2. The molecule has 0 saturated carbocycles. The van der Waals surface area contributed by atoms with E-state index in [1.54, 1.807) is 7.11 Å². The molecule has 4 atom stereocenters. The van der Waals surface area contributed by atoms with Gasteiger partial charge in [0.2, 0.25) is 0 Å². The molecule has 1 heterocycles. The van der Waals surface area contributed by atoms with Crippen LogP contribution in [0.1, 0.15) is 34.1 Å². The van der Waals surface area contributed by atoms with Crippen molar-refractivity contribution in [3.63, 3.8) is 0 Å². The number of methoxy groups -OCH3 is 1. The van der Waals surface area contributed by atoms with Crippen LogP contribution in [0.4, 0.5) is 0 Å². The first-order valence-corrected chi connectivity index (χ1v) is 7.14. The molecule has 0 aromatic carbocycles. The monoisotopic (exact) mass is 267 g/mol. The molecular formula is C16H29NO2. The number of hydrogen-bond acceptors (Lipinski definition) is 3. The van der Waals surface area contributed by atoms with Gasteiger partial charge in [-0.1, -0.05) is 33.6 Å². The van der Waals surface area contributed by atoms with E-state index in [2.05, 4.69) is 52.6 Å². The van der Waals surface area contributed by atoms with Crippen molar-refractivity contribution in [2.75, 3.05) is 21.2 Å². The van der Waals surface area contributed by atoms with E-state index in [-0.39, 0.29) is 18.2 Å². The fourth-order valence-electron chi connectivity index (χ4n) is 3.29. The van der Waals surface area contributed by atoms with Crippen molar-refractivity contribution >= 4 is 0 Å². The SMILES string of the molecule is C#C[C@]1(OC)[C@H](C(C)C)O[C@H](CC(C)C)[C@H]1N(C)C. The molecule has 0 unspecified atom stereocenters. The molecule has 0 amide bonds. The highest BCUT2D eigenvalue weighted by atomic mass is 16.6. The van der Waals surface area contributed by atoms with Gasteiger partial charge in [0.15, 0.2) is 5.60 Å². The first-order valence-electron chi connectivity index (χ1n) is 7.14. The van der Waals surface area contributed by atoms with Crippen LogP contribution in [0.5, 0.6) is 0 Å². The Morgan fingerprint density at radius 2 is 1.89 bits per heavy atom. The second kappa shape index (κ2) is 6.26. The molecule has 110 valence electrons. The second-order valence-corrected chi connectivity index (χ2v) is 6.52. The third-order valence-corrected chi connectivity index (χ3v) is 3.96. The lowest BCUT2D eigenvalue weighted by atomic mass is 9.82. The largest absolute Gasteiger partial charge is 0.369 e. The predicted molar refractivity (Wildman–Crippen MR) is 79.0 cm³/mol. The zero-order chi connectivity index (χ0) is 14.8. The highest BCUT2D eigenvalue weighted by Crippen LogP contribution is 2.41. The van der Waals surface area contributed by atoms with Crippen molar-refractivity contribution in [3.05, 3.63) is 0 Å². The Labute approximate surface area is 118 Å². The topological polar surface area (TPSA) is 21.7 Å². The van der Waals surface area contributed by atoms with Gasteiger partial charge >= 0.3 is 0 Å². The number of terminal acetylenes is 1. The Morgan fingerprint density at radius 1 is 1.32 bits per heavy atom. The van der Waals surface area contributed by atoms with Gasteiger partial charge < -0.3 is 14.4 Å². The Morgan fingerprint density at radius 3 is 2.21 bits per heavy atom. The smallest absolute Gasteiger partial charge is 0.171 e. The highest BCUT2D eigenvalue weighted by molar-refractivity contribution is 5.24. The fraction of sp³-hybridized carbons (Fsp3) is 0.875. The fourth-order valence-corrected chi connectivity index (χ4v) is 3.29. The van der Waals surface area contributed by atoms with Crippen molar-refractivity contribution in [2.24, 2.45) is 11.8 Å². The van der Waals surface area contributed by atoms with Gasteiger partial charge in [-0.15, -0.1) is 6.42 Å². The van der Waals surface area contributed by atoms with E-state index in [0.29, 0.717) is 11.8 Å². The normalized spacial score (nSPS) is 35.3. The van der Waals surface area contributed by atoms with Gasteiger partial charge in [-0.2, -0.15) is 0 Å². The van der Waals surface area contributed by atoms with Crippen LogP contribution in [-0.4, -0.2) is 50.0 Å². The lowest BCUT2D eigenvalue weighted by Crippen LogP contribution is -2.56. The maximum Gasteiger partial charge on any atom is 0.171 e. The molecule has 3 heteroatoms. The molecule has 1 aliphatic heterocycles. The van der Waals surface area contributed by atoms with Crippen LogP contribution in [0.25, 0.3) is 0 Å². The van der Waals surface area contributed by atoms with Crippen molar-refractivity contribution in [2.45, 2.75) is 58.0 Å². The van der Waals surface area contributed by atoms with E-state index < -0.39 is 5.60 Å². The molecule has 1 aliphatic rings. The van der Waals surface area contributed by atoms with Crippen molar-refractivity contribution < 1.29 is 9.47 Å². The molecule has 0 aromatic rings. The molecular weight excluding hydrogens is 238 g/mol. The van der Waals surface area contributed by atoms with E-state index in [4.69, 9.17) is 15.9 Å². The van der Waals surface area contributed by atoms with Gasteiger partial charge in [-0.3, -0.25) is 0 Å². The molecule has 3 nitrogen and oxygen atoms in total. The summed E-state index contributed by atoms with van der Waals surface area (Å²) in [7, 11) is 5.80. The van der Waals surface area contributed by atoms with E-state index >= 15 is 0 Å². The number of rotatable bonds is 5. The number of hydrogen-bond donors (Lipinski definition) is 0. The summed E-state index contributed by atoms with van der Waals surface area (Å²) < 4.78 is 12.1. The van der Waals surface area contributed by atoms with E-state index in [9.17, 15) is 0 Å². The van der Waals surface area contributed by atoms with E-state index in [0.717, 1.165) is 6.42 Å². The van der Waals surface area contributed by atoms with E-state index in [1.807, 2.05) is 0 Å². The van der Waals surface area contributed by atoms with Crippen molar-refractivity contribution in [1.29, 1.82) is 0 Å². The zero-order valence-corrected chi connectivity index (χ0v) is 13.4. The Bertz CT molecular complexity index is 332. The van der Waals surface area contributed by atoms with Gasteiger partial charge in [-0.25, -0.2) is 0 Å². The Balaban J connectivity index is 3.17. The summed E-state index contributed by atoms with van der Waals surface area (Å²) in [6, 6.07) is 0.0947. The van der Waals surface area contributed by atoms with E-state index in [1.165, 1.54) is 0 Å². The van der Waals surface area contributed by atoms with Crippen molar-refractivity contribution in [1.82, 2.24) is 4.90 Å². The summed E-state index contributed by atoms with van der Waals surface area (Å²) in [4.78, 5) is 2.15. The van der Waals surface area contributed by atoms with Crippen LogP contribution in [0.3, 0.4) is 0 Å². The van der Waals surface area contributed by atoms with Gasteiger partial charge in [0.05, 0.1) is 12.1 Å². The minimum Gasteiger partial charge on any atom is -0.369 e. The second-order valence-electron chi connectivity index (χ2n) is 6.52. The lowest BCUT2D eigenvalue weighted by molar-refractivity contribution is -0.0686. The molecule has 0 N–H and O–H groups in total. The third-order valence-electron chi connectivity index (χ3n) is 3.96. The van der Waals surface area contributed by atoms with Gasteiger partial charge in [0.25, 0.3) is 0 Å². The zero-order valence-electron chi connectivity index (χ0n) is 13.4. The Hall–Kier alpha value is -0.560. The molecule has 1 saturated heterocycles. The number of nitrogens with zero attached hydrogens (tertiary/aromatic N) is 1. The van der Waals surface area contributed by atoms with Gasteiger partial charge in [0, 0.05) is 7.11 Å². The quantitative estimate of drug-likeness (QED) is 0.714. The Kier molecular flexibility index (Phi) is 5.43. The third kappa shape index (κ3) is 2.97. The maximum atomic E-state index is 6.30. The standard InChI is InChI=1S/C16H29NO2/c1-9-16(18-8)14(17(6)7)13(10-11(2)3)19-15(16)12(4)5/h1,11-15H,10H2,2-8H3/t13-,14-,15+,16-/m1/s1. The minimum atomic E-state index is -0.656. The molecule has 0 aromatic heterocycles. The van der Waals surface area contributed by atoms with Crippen LogP contribution in [0.2, 0.25) is 0 Å². The summed E-state index contributed by atoms with van der Waals surface area (Å²) >= 11 is 0. The molecule has 1 rings (SSSR count). The molecule has 0 aliphatic carbocycles. The number of likely N-dealkylation sites (N-methyl/N-ethyl adjacent to an activating group) is 1. The minimum absolute atomic E-state index is 0.0568. The summed E-state index contributed by atoms with van der Waals surface area (Å²) in [5.41, 5.74) is -0.656. The molecule has 0 bridgehead atoms. The molecule has 0 radical (unpaired) electrons. The average Bonchev–Trinajstić information content (AvgIpc) is 2.63.